The number of hydrogen-bond donors (Lipinski definition) is 1. The molecule has 0 aromatic heterocycles. The van der Waals surface area contributed by atoms with Gasteiger partial charge in [0.2, 0.25) is 0 Å². The number of hydrogen-bond acceptors (Lipinski definition) is 2. The third-order valence-corrected chi connectivity index (χ3v) is 3.66. The Hall–Kier alpha value is -2.00. The van der Waals surface area contributed by atoms with Crippen LogP contribution in [0.25, 0.3) is 0 Å². The summed E-state index contributed by atoms with van der Waals surface area (Å²) in [5, 5.41) is 3.56. The molecule has 0 saturated heterocycles. The van der Waals surface area contributed by atoms with Crippen LogP contribution in [0.15, 0.2) is 42.5 Å². The van der Waals surface area contributed by atoms with Gasteiger partial charge in [0.15, 0.2) is 6.61 Å². The predicted molar refractivity (Wildman–Crippen MR) is 89.4 cm³/mol. The second kappa shape index (κ2) is 7.32. The maximum atomic E-state index is 12.0. The third kappa shape index (κ3) is 4.50. The van der Waals surface area contributed by atoms with E-state index in [1.165, 1.54) is 0 Å². The Morgan fingerprint density at radius 3 is 2.73 bits per heavy atom. The van der Waals surface area contributed by atoms with E-state index in [4.69, 9.17) is 16.3 Å². The molecule has 2 aromatic rings. The second-order valence-corrected chi connectivity index (χ2v) is 5.84. The van der Waals surface area contributed by atoms with Crippen molar-refractivity contribution >= 4 is 17.5 Å². The first-order valence-electron chi connectivity index (χ1n) is 7.20. The number of amides is 1. The predicted octanol–water partition coefficient (Wildman–Crippen LogP) is 4.21. The van der Waals surface area contributed by atoms with Gasteiger partial charge in [-0.25, -0.2) is 0 Å². The van der Waals surface area contributed by atoms with Crippen LogP contribution < -0.4 is 10.1 Å². The van der Waals surface area contributed by atoms with E-state index >= 15 is 0 Å². The van der Waals surface area contributed by atoms with Gasteiger partial charge >= 0.3 is 0 Å². The molecule has 3 nitrogen and oxygen atoms in total. The summed E-state index contributed by atoms with van der Waals surface area (Å²) in [6.07, 6.45) is 0. The summed E-state index contributed by atoms with van der Waals surface area (Å²) in [5.41, 5.74) is 3.09. The van der Waals surface area contributed by atoms with E-state index < -0.39 is 0 Å². The van der Waals surface area contributed by atoms with Crippen LogP contribution >= 0.6 is 11.6 Å². The van der Waals surface area contributed by atoms with E-state index in [0.717, 1.165) is 22.4 Å². The molecule has 2 aromatic carbocycles. The van der Waals surface area contributed by atoms with Gasteiger partial charge in [0.05, 0.1) is 6.04 Å². The molecule has 1 amide bonds. The molecule has 0 bridgehead atoms. The number of carbonyl (C=O) groups is 1. The number of aryl methyl sites for hydroxylation is 2. The first kappa shape index (κ1) is 16.4. The normalized spacial score (nSPS) is 11.8. The van der Waals surface area contributed by atoms with Crippen LogP contribution in [0.5, 0.6) is 5.75 Å². The molecule has 1 atom stereocenters. The highest BCUT2D eigenvalue weighted by atomic mass is 35.5. The SMILES string of the molecule is Cc1ccc(C)c(OCC(=O)N[C@H](C)c2cccc(Cl)c2)c1. The average molecular weight is 318 g/mol. The monoisotopic (exact) mass is 317 g/mol. The van der Waals surface area contributed by atoms with E-state index in [0.29, 0.717) is 5.02 Å². The number of ether oxygens (including phenoxy) is 1. The highest BCUT2D eigenvalue weighted by Crippen LogP contribution is 2.19. The molecular formula is C18H20ClNO2. The summed E-state index contributed by atoms with van der Waals surface area (Å²) < 4.78 is 5.60. The van der Waals surface area contributed by atoms with E-state index in [-0.39, 0.29) is 18.6 Å². The molecule has 0 radical (unpaired) electrons. The molecule has 0 aliphatic rings. The molecule has 0 fully saturated rings. The zero-order valence-electron chi connectivity index (χ0n) is 13.0. The molecule has 116 valence electrons. The van der Waals surface area contributed by atoms with Crippen LogP contribution in [0.4, 0.5) is 0 Å². The lowest BCUT2D eigenvalue weighted by molar-refractivity contribution is -0.123. The smallest absolute Gasteiger partial charge is 0.258 e. The number of nitrogens with one attached hydrogen (secondary N) is 1. The number of halogens is 1. The van der Waals surface area contributed by atoms with E-state index in [9.17, 15) is 4.79 Å². The Balaban J connectivity index is 1.91. The Bertz CT molecular complexity index is 670. The summed E-state index contributed by atoms with van der Waals surface area (Å²) in [5.74, 6) is 0.582. The second-order valence-electron chi connectivity index (χ2n) is 5.40. The molecule has 0 heterocycles. The van der Waals surface area contributed by atoms with Crippen LogP contribution in [0.3, 0.4) is 0 Å². The molecule has 2 rings (SSSR count). The third-order valence-electron chi connectivity index (χ3n) is 3.43. The molecule has 0 unspecified atom stereocenters. The van der Waals surface area contributed by atoms with Crippen LogP contribution in [0, 0.1) is 13.8 Å². The van der Waals surface area contributed by atoms with Crippen LogP contribution in [-0.4, -0.2) is 12.5 Å². The Kier molecular flexibility index (Phi) is 5.45. The van der Waals surface area contributed by atoms with Crippen molar-refractivity contribution in [3.05, 3.63) is 64.2 Å². The van der Waals surface area contributed by atoms with Gasteiger partial charge in [-0.1, -0.05) is 35.9 Å². The van der Waals surface area contributed by atoms with Gasteiger partial charge in [-0.15, -0.1) is 0 Å². The van der Waals surface area contributed by atoms with Crippen LogP contribution in [0.1, 0.15) is 29.7 Å². The topological polar surface area (TPSA) is 38.3 Å². The van der Waals surface area contributed by atoms with Gasteiger partial charge in [-0.2, -0.15) is 0 Å². The van der Waals surface area contributed by atoms with Gasteiger partial charge in [0.1, 0.15) is 5.75 Å². The van der Waals surface area contributed by atoms with Crippen LogP contribution in [-0.2, 0) is 4.79 Å². The standard InChI is InChI=1S/C18H20ClNO2/c1-12-7-8-13(2)17(9-12)22-11-18(21)20-14(3)15-5-4-6-16(19)10-15/h4-10,14H,11H2,1-3H3,(H,20,21)/t14-/m1/s1. The molecule has 0 saturated carbocycles. The zero-order chi connectivity index (χ0) is 16.1. The minimum atomic E-state index is -0.159. The Morgan fingerprint density at radius 2 is 2.00 bits per heavy atom. The van der Waals surface area contributed by atoms with Crippen molar-refractivity contribution in [2.24, 2.45) is 0 Å². The summed E-state index contributed by atoms with van der Waals surface area (Å²) >= 11 is 5.96. The summed E-state index contributed by atoms with van der Waals surface area (Å²) in [6.45, 7) is 5.87. The fourth-order valence-electron chi connectivity index (χ4n) is 2.15. The number of benzene rings is 2. The average Bonchev–Trinajstić information content (AvgIpc) is 2.48. The van der Waals surface area contributed by atoms with Gasteiger partial charge in [0.25, 0.3) is 5.91 Å². The maximum Gasteiger partial charge on any atom is 0.258 e. The molecule has 0 spiro atoms. The van der Waals surface area contributed by atoms with Gasteiger partial charge in [-0.3, -0.25) is 4.79 Å². The fraction of sp³-hybridized carbons (Fsp3) is 0.278. The summed E-state index contributed by atoms with van der Waals surface area (Å²) in [4.78, 5) is 12.0. The number of rotatable bonds is 5. The molecular weight excluding hydrogens is 298 g/mol. The van der Waals surface area contributed by atoms with Gasteiger partial charge in [0, 0.05) is 5.02 Å². The molecule has 0 aliphatic heterocycles. The van der Waals surface area contributed by atoms with E-state index in [1.54, 1.807) is 0 Å². The van der Waals surface area contributed by atoms with Gasteiger partial charge < -0.3 is 10.1 Å². The first-order chi connectivity index (χ1) is 10.5. The largest absolute Gasteiger partial charge is 0.483 e. The van der Waals surface area contributed by atoms with Crippen LogP contribution in [0.2, 0.25) is 5.02 Å². The molecule has 4 heteroatoms. The van der Waals surface area contributed by atoms with Crippen molar-refractivity contribution in [2.75, 3.05) is 6.61 Å². The summed E-state index contributed by atoms with van der Waals surface area (Å²) in [6, 6.07) is 13.3. The van der Waals surface area contributed by atoms with Crippen molar-refractivity contribution in [3.8, 4) is 5.75 Å². The van der Waals surface area contributed by atoms with Crippen molar-refractivity contribution in [1.82, 2.24) is 5.32 Å². The zero-order valence-corrected chi connectivity index (χ0v) is 13.8. The van der Waals surface area contributed by atoms with E-state index in [2.05, 4.69) is 5.32 Å². The molecule has 1 N–H and O–H groups in total. The Labute approximate surface area is 136 Å². The summed E-state index contributed by atoms with van der Waals surface area (Å²) in [7, 11) is 0. The lowest BCUT2D eigenvalue weighted by Crippen LogP contribution is -2.31. The lowest BCUT2D eigenvalue weighted by atomic mass is 10.1. The molecule has 0 aliphatic carbocycles. The Morgan fingerprint density at radius 1 is 1.23 bits per heavy atom. The van der Waals surface area contributed by atoms with Gasteiger partial charge in [-0.05, 0) is 55.7 Å². The highest BCUT2D eigenvalue weighted by Gasteiger charge is 2.11. The van der Waals surface area contributed by atoms with Crippen molar-refractivity contribution in [2.45, 2.75) is 26.8 Å². The van der Waals surface area contributed by atoms with Crippen molar-refractivity contribution in [1.29, 1.82) is 0 Å². The molecule has 22 heavy (non-hydrogen) atoms. The fourth-order valence-corrected chi connectivity index (χ4v) is 2.35. The van der Waals surface area contributed by atoms with Crippen molar-refractivity contribution in [3.63, 3.8) is 0 Å². The minimum Gasteiger partial charge on any atom is -0.483 e. The van der Waals surface area contributed by atoms with E-state index in [1.807, 2.05) is 63.2 Å². The first-order valence-corrected chi connectivity index (χ1v) is 7.58. The quantitative estimate of drug-likeness (QED) is 0.897. The maximum absolute atomic E-state index is 12.0. The lowest BCUT2D eigenvalue weighted by Gasteiger charge is -2.15. The number of carbonyl (C=O) groups excluding carboxylic acids is 1. The van der Waals surface area contributed by atoms with Crippen molar-refractivity contribution < 1.29 is 9.53 Å². The minimum absolute atomic E-state index is 0.00476. The highest BCUT2D eigenvalue weighted by molar-refractivity contribution is 6.30.